The van der Waals surface area contributed by atoms with E-state index in [9.17, 15) is 0 Å². The van der Waals surface area contributed by atoms with E-state index in [0.29, 0.717) is 5.92 Å². The molecule has 1 atom stereocenters. The quantitative estimate of drug-likeness (QED) is 0.860. The number of hydrogen-bond donors (Lipinski definition) is 0. The zero-order chi connectivity index (χ0) is 14.8. The van der Waals surface area contributed by atoms with Gasteiger partial charge < -0.3 is 4.74 Å². The third kappa shape index (κ3) is 3.11. The molecule has 3 rings (SSSR count). The lowest BCUT2D eigenvalue weighted by atomic mass is 9.97. The minimum absolute atomic E-state index is 0.573. The number of thiazole rings is 1. The van der Waals surface area contributed by atoms with Gasteiger partial charge in [-0.25, -0.2) is 4.98 Å². The van der Waals surface area contributed by atoms with Crippen LogP contribution in [0.2, 0.25) is 0 Å². The molecule has 1 aliphatic heterocycles. The summed E-state index contributed by atoms with van der Waals surface area (Å²) in [4.78, 5) is 8.50. The molecule has 112 valence electrons. The van der Waals surface area contributed by atoms with Crippen molar-refractivity contribution >= 4 is 11.3 Å². The van der Waals surface area contributed by atoms with E-state index in [1.807, 2.05) is 17.4 Å². The summed E-state index contributed by atoms with van der Waals surface area (Å²) in [6, 6.07) is 8.40. The molecule has 0 saturated carbocycles. The fraction of sp³-hybridized carbons (Fsp3) is 0.471. The molecule has 2 aromatic rings. The van der Waals surface area contributed by atoms with Crippen LogP contribution in [0.5, 0.6) is 5.75 Å². The Morgan fingerprint density at radius 2 is 2.14 bits per heavy atom. The summed E-state index contributed by atoms with van der Waals surface area (Å²) in [6.45, 7) is 7.46. The third-order valence-corrected chi connectivity index (χ3v) is 5.34. The summed E-state index contributed by atoms with van der Waals surface area (Å²) in [6.07, 6.45) is 1.20. The number of likely N-dealkylation sites (tertiary alicyclic amines) is 1. The van der Waals surface area contributed by atoms with E-state index in [4.69, 9.17) is 4.74 Å². The predicted octanol–water partition coefficient (Wildman–Crippen LogP) is 3.76. The first-order chi connectivity index (χ1) is 10.2. The van der Waals surface area contributed by atoms with E-state index in [1.54, 1.807) is 7.11 Å². The van der Waals surface area contributed by atoms with Crippen LogP contribution in [0.4, 0.5) is 0 Å². The van der Waals surface area contributed by atoms with Crippen LogP contribution in [0.25, 0.3) is 0 Å². The highest BCUT2D eigenvalue weighted by molar-refractivity contribution is 7.11. The number of aryl methyl sites for hydroxylation is 2. The minimum Gasteiger partial charge on any atom is -0.496 e. The molecule has 1 aromatic heterocycles. The van der Waals surface area contributed by atoms with Gasteiger partial charge in [0, 0.05) is 17.3 Å². The van der Waals surface area contributed by atoms with E-state index in [0.717, 1.165) is 25.4 Å². The Bertz CT molecular complexity index is 604. The van der Waals surface area contributed by atoms with E-state index < -0.39 is 0 Å². The first-order valence-corrected chi connectivity index (χ1v) is 8.27. The van der Waals surface area contributed by atoms with Gasteiger partial charge in [0.05, 0.1) is 19.3 Å². The van der Waals surface area contributed by atoms with Gasteiger partial charge in [0.1, 0.15) is 10.8 Å². The highest BCUT2D eigenvalue weighted by atomic mass is 32.1. The first kappa shape index (κ1) is 14.5. The summed E-state index contributed by atoms with van der Waals surface area (Å²) >= 11 is 1.83. The molecule has 1 unspecified atom stereocenters. The molecule has 0 N–H and O–H groups in total. The Morgan fingerprint density at radius 1 is 1.33 bits per heavy atom. The number of benzene rings is 1. The maximum atomic E-state index is 5.50. The lowest BCUT2D eigenvalue weighted by Gasteiger charge is -2.16. The number of nitrogens with zero attached hydrogens (tertiary/aromatic N) is 2. The van der Waals surface area contributed by atoms with Gasteiger partial charge in [0.15, 0.2) is 0 Å². The Morgan fingerprint density at radius 3 is 2.86 bits per heavy atom. The number of methoxy groups -OCH3 is 1. The van der Waals surface area contributed by atoms with Gasteiger partial charge >= 0.3 is 0 Å². The monoisotopic (exact) mass is 302 g/mol. The molecule has 0 radical (unpaired) electrons. The zero-order valence-corrected chi connectivity index (χ0v) is 13.7. The molecule has 1 aromatic carbocycles. The maximum Gasteiger partial charge on any atom is 0.122 e. The second kappa shape index (κ2) is 6.16. The Balaban J connectivity index is 1.68. The van der Waals surface area contributed by atoms with Crippen LogP contribution in [-0.4, -0.2) is 30.1 Å². The summed E-state index contributed by atoms with van der Waals surface area (Å²) in [7, 11) is 1.76. The minimum atomic E-state index is 0.573. The highest BCUT2D eigenvalue weighted by Crippen LogP contribution is 2.34. The normalized spacial score (nSPS) is 19.1. The molecule has 3 nitrogen and oxygen atoms in total. The molecular weight excluding hydrogens is 280 g/mol. The van der Waals surface area contributed by atoms with Gasteiger partial charge in [-0.1, -0.05) is 18.2 Å². The van der Waals surface area contributed by atoms with E-state index >= 15 is 0 Å². The van der Waals surface area contributed by atoms with E-state index in [1.165, 1.54) is 27.6 Å². The molecular formula is C17H22N2OS. The van der Waals surface area contributed by atoms with Crippen LogP contribution in [0.1, 0.15) is 33.5 Å². The lowest BCUT2D eigenvalue weighted by Crippen LogP contribution is -2.19. The Kier molecular flexibility index (Phi) is 4.27. The van der Waals surface area contributed by atoms with Crippen molar-refractivity contribution in [1.29, 1.82) is 0 Å². The van der Waals surface area contributed by atoms with E-state index in [2.05, 4.69) is 41.9 Å². The number of para-hydroxylation sites is 1. The van der Waals surface area contributed by atoms with Crippen LogP contribution in [0, 0.1) is 13.8 Å². The van der Waals surface area contributed by atoms with Crippen molar-refractivity contribution in [3.8, 4) is 5.75 Å². The van der Waals surface area contributed by atoms with Crippen molar-refractivity contribution in [2.45, 2.75) is 32.7 Å². The van der Waals surface area contributed by atoms with Crippen LogP contribution < -0.4 is 4.74 Å². The van der Waals surface area contributed by atoms with Crippen molar-refractivity contribution in [1.82, 2.24) is 9.88 Å². The van der Waals surface area contributed by atoms with Gasteiger partial charge in [0.25, 0.3) is 0 Å². The van der Waals surface area contributed by atoms with Gasteiger partial charge in [-0.3, -0.25) is 4.90 Å². The Labute approximate surface area is 130 Å². The number of ether oxygens (including phenoxy) is 1. The molecule has 0 amide bonds. The van der Waals surface area contributed by atoms with Crippen LogP contribution >= 0.6 is 11.3 Å². The van der Waals surface area contributed by atoms with Crippen molar-refractivity contribution in [3.05, 3.63) is 45.4 Å². The topological polar surface area (TPSA) is 25.4 Å². The second-order valence-electron chi connectivity index (χ2n) is 5.71. The fourth-order valence-electron chi connectivity index (χ4n) is 3.03. The molecule has 1 aliphatic rings. The molecule has 0 aliphatic carbocycles. The smallest absolute Gasteiger partial charge is 0.122 e. The van der Waals surface area contributed by atoms with Gasteiger partial charge in [0.2, 0.25) is 0 Å². The average molecular weight is 302 g/mol. The second-order valence-corrected chi connectivity index (χ2v) is 7.00. The molecule has 21 heavy (non-hydrogen) atoms. The number of hydrogen-bond acceptors (Lipinski definition) is 4. The van der Waals surface area contributed by atoms with Gasteiger partial charge in [-0.05, 0) is 38.4 Å². The largest absolute Gasteiger partial charge is 0.496 e. The standard InChI is InChI=1S/C17H22N2OS/c1-12-13(2)21-17(18-12)11-19-9-8-14(10-19)15-6-4-5-7-16(15)20-3/h4-7,14H,8-11H2,1-3H3. The number of aromatic nitrogens is 1. The van der Waals surface area contributed by atoms with Gasteiger partial charge in [-0.2, -0.15) is 0 Å². The summed E-state index contributed by atoms with van der Waals surface area (Å²) in [5, 5.41) is 1.24. The maximum absolute atomic E-state index is 5.50. The molecule has 1 fully saturated rings. The SMILES string of the molecule is COc1ccccc1C1CCN(Cc2nc(C)c(C)s2)C1. The predicted molar refractivity (Wildman–Crippen MR) is 87.2 cm³/mol. The highest BCUT2D eigenvalue weighted by Gasteiger charge is 2.26. The van der Waals surface area contributed by atoms with Crippen molar-refractivity contribution in [2.75, 3.05) is 20.2 Å². The van der Waals surface area contributed by atoms with Crippen molar-refractivity contribution < 1.29 is 4.74 Å². The molecule has 2 heterocycles. The summed E-state index contributed by atoms with van der Waals surface area (Å²) < 4.78 is 5.50. The van der Waals surface area contributed by atoms with Crippen molar-refractivity contribution in [3.63, 3.8) is 0 Å². The summed E-state index contributed by atoms with van der Waals surface area (Å²) in [5.41, 5.74) is 2.52. The third-order valence-electron chi connectivity index (χ3n) is 4.28. The van der Waals surface area contributed by atoms with Gasteiger partial charge in [-0.15, -0.1) is 11.3 Å². The fourth-order valence-corrected chi connectivity index (χ4v) is 4.01. The first-order valence-electron chi connectivity index (χ1n) is 7.45. The molecule has 0 spiro atoms. The Hall–Kier alpha value is -1.39. The summed E-state index contributed by atoms with van der Waals surface area (Å²) in [5.74, 6) is 1.59. The number of rotatable bonds is 4. The van der Waals surface area contributed by atoms with Crippen LogP contribution in [0.15, 0.2) is 24.3 Å². The molecule has 4 heteroatoms. The van der Waals surface area contributed by atoms with Crippen molar-refractivity contribution in [2.24, 2.45) is 0 Å². The molecule has 0 bridgehead atoms. The zero-order valence-electron chi connectivity index (χ0n) is 12.9. The molecule has 1 saturated heterocycles. The van der Waals surface area contributed by atoms with Crippen LogP contribution in [0.3, 0.4) is 0 Å². The van der Waals surface area contributed by atoms with E-state index in [-0.39, 0.29) is 0 Å². The lowest BCUT2D eigenvalue weighted by molar-refractivity contribution is 0.325. The van der Waals surface area contributed by atoms with Crippen LogP contribution in [-0.2, 0) is 6.54 Å². The average Bonchev–Trinajstić information content (AvgIpc) is 3.06.